The van der Waals surface area contributed by atoms with E-state index in [1.54, 1.807) is 42.5 Å². The summed E-state index contributed by atoms with van der Waals surface area (Å²) in [5, 5.41) is 14.5. The number of aromatic nitrogens is 2. The van der Waals surface area contributed by atoms with Crippen molar-refractivity contribution in [3.8, 4) is 11.4 Å². The van der Waals surface area contributed by atoms with Gasteiger partial charge in [0.25, 0.3) is 5.56 Å². The average molecular weight is 522 g/mol. The van der Waals surface area contributed by atoms with E-state index >= 15 is 0 Å². The first-order chi connectivity index (χ1) is 13.7. The molecule has 0 spiro atoms. The van der Waals surface area contributed by atoms with Crippen molar-refractivity contribution in [3.63, 3.8) is 0 Å². The van der Waals surface area contributed by atoms with Crippen LogP contribution < -0.4 is 16.1 Å². The Hall–Kier alpha value is -2.58. The molecule has 150 valence electrons. The molecular formula is C21H18Br2N2O4. The number of ether oxygens (including phenoxy) is 1. The monoisotopic (exact) mass is 520 g/mol. The summed E-state index contributed by atoms with van der Waals surface area (Å²) in [6.45, 7) is 3.77. The number of esters is 1. The van der Waals surface area contributed by atoms with Gasteiger partial charge in [-0.15, -0.1) is 0 Å². The van der Waals surface area contributed by atoms with Gasteiger partial charge >= 0.3 is 5.97 Å². The molecule has 1 heterocycles. The molecule has 6 nitrogen and oxygen atoms in total. The highest BCUT2D eigenvalue weighted by Gasteiger charge is 2.12. The summed E-state index contributed by atoms with van der Waals surface area (Å²) in [5.74, 6) is -0.451. The Balaban J connectivity index is 2.31. The van der Waals surface area contributed by atoms with Crippen LogP contribution in [0.5, 0.6) is 5.75 Å². The van der Waals surface area contributed by atoms with Crippen LogP contribution in [0, 0.1) is 0 Å². The van der Waals surface area contributed by atoms with Gasteiger partial charge in [-0.2, -0.15) is 0 Å². The van der Waals surface area contributed by atoms with Crippen LogP contribution in [0.2, 0.25) is 0 Å². The average Bonchev–Trinajstić information content (AvgIpc) is 3.01. The van der Waals surface area contributed by atoms with Gasteiger partial charge < -0.3 is 9.84 Å². The lowest BCUT2D eigenvalue weighted by Gasteiger charge is -2.04. The van der Waals surface area contributed by atoms with E-state index in [-0.39, 0.29) is 11.3 Å². The zero-order chi connectivity index (χ0) is 21.3. The number of halogens is 2. The highest BCUT2D eigenvalue weighted by atomic mass is 79.9. The van der Waals surface area contributed by atoms with E-state index in [9.17, 15) is 14.7 Å². The number of nitrogens with one attached hydrogen (secondary N) is 1. The third-order valence-electron chi connectivity index (χ3n) is 4.31. The molecule has 0 saturated carbocycles. The van der Waals surface area contributed by atoms with Crippen molar-refractivity contribution in [2.45, 2.75) is 13.8 Å². The van der Waals surface area contributed by atoms with Gasteiger partial charge in [0.15, 0.2) is 0 Å². The summed E-state index contributed by atoms with van der Waals surface area (Å²) < 4.78 is 7.39. The van der Waals surface area contributed by atoms with Crippen LogP contribution in [0.3, 0.4) is 0 Å². The highest BCUT2D eigenvalue weighted by molar-refractivity contribution is 9.11. The van der Waals surface area contributed by atoms with Crippen molar-refractivity contribution < 1.29 is 14.6 Å². The number of rotatable bonds is 3. The molecule has 3 aromatic rings. The SMILES string of the molecule is COC(=O)c1cccc(-n2[nH]c(=C(C)C)c(=Cc3cc(Br)cc(Br)c3O)c2=O)c1. The van der Waals surface area contributed by atoms with E-state index in [1.165, 1.54) is 11.8 Å². The smallest absolute Gasteiger partial charge is 0.337 e. The maximum absolute atomic E-state index is 13.2. The minimum absolute atomic E-state index is 0.0349. The number of carbonyl (C=O) groups excluding carboxylic acids is 1. The summed E-state index contributed by atoms with van der Waals surface area (Å²) in [4.78, 5) is 25.0. The number of hydrogen-bond donors (Lipinski definition) is 2. The van der Waals surface area contributed by atoms with Crippen molar-refractivity contribution in [2.75, 3.05) is 7.11 Å². The van der Waals surface area contributed by atoms with Gasteiger partial charge in [0, 0.05) is 10.0 Å². The van der Waals surface area contributed by atoms with E-state index < -0.39 is 5.97 Å². The maximum atomic E-state index is 13.2. The Labute approximate surface area is 183 Å². The zero-order valence-electron chi connectivity index (χ0n) is 15.9. The molecule has 0 radical (unpaired) electrons. The Kier molecular flexibility index (Phi) is 6.14. The predicted molar refractivity (Wildman–Crippen MR) is 119 cm³/mol. The van der Waals surface area contributed by atoms with E-state index in [4.69, 9.17) is 4.74 Å². The lowest BCUT2D eigenvalue weighted by molar-refractivity contribution is 0.0600. The molecule has 0 saturated heterocycles. The minimum Gasteiger partial charge on any atom is -0.506 e. The summed E-state index contributed by atoms with van der Waals surface area (Å²) in [7, 11) is 1.30. The van der Waals surface area contributed by atoms with E-state index in [2.05, 4.69) is 37.0 Å². The molecule has 29 heavy (non-hydrogen) atoms. The molecule has 8 heteroatoms. The second kappa shape index (κ2) is 8.42. The van der Waals surface area contributed by atoms with Crippen molar-refractivity contribution in [3.05, 3.63) is 77.4 Å². The van der Waals surface area contributed by atoms with Crippen molar-refractivity contribution in [1.29, 1.82) is 0 Å². The van der Waals surface area contributed by atoms with Crippen LogP contribution >= 0.6 is 31.9 Å². The fourth-order valence-electron chi connectivity index (χ4n) is 2.89. The van der Waals surface area contributed by atoms with Gasteiger partial charge in [0.1, 0.15) is 5.75 Å². The topological polar surface area (TPSA) is 84.3 Å². The Morgan fingerprint density at radius 3 is 2.59 bits per heavy atom. The minimum atomic E-state index is -0.486. The largest absolute Gasteiger partial charge is 0.506 e. The van der Waals surface area contributed by atoms with Gasteiger partial charge in [-0.25, -0.2) is 9.48 Å². The molecule has 0 aliphatic rings. The number of aromatic amines is 1. The van der Waals surface area contributed by atoms with Crippen LogP contribution in [-0.4, -0.2) is 28.0 Å². The Morgan fingerprint density at radius 2 is 1.93 bits per heavy atom. The first-order valence-electron chi connectivity index (χ1n) is 8.60. The number of hydrogen-bond acceptors (Lipinski definition) is 4. The number of H-pyrrole nitrogens is 1. The van der Waals surface area contributed by atoms with E-state index in [0.717, 1.165) is 10.0 Å². The fourth-order valence-corrected chi connectivity index (χ4v) is 4.15. The van der Waals surface area contributed by atoms with Crippen LogP contribution in [0.4, 0.5) is 0 Å². The Bertz CT molecular complexity index is 1280. The summed E-state index contributed by atoms with van der Waals surface area (Å²) >= 11 is 6.70. The number of benzene rings is 2. The predicted octanol–water partition coefficient (Wildman–Crippen LogP) is 3.20. The second-order valence-corrected chi connectivity index (χ2v) is 8.32. The molecule has 0 aliphatic carbocycles. The van der Waals surface area contributed by atoms with Gasteiger partial charge in [-0.3, -0.25) is 9.89 Å². The highest BCUT2D eigenvalue weighted by Crippen LogP contribution is 2.31. The van der Waals surface area contributed by atoms with Gasteiger partial charge in [-0.05, 0) is 66.2 Å². The molecule has 2 aromatic carbocycles. The Morgan fingerprint density at radius 1 is 1.21 bits per heavy atom. The number of phenols is 1. The summed E-state index contributed by atoms with van der Waals surface area (Å²) in [6, 6.07) is 10.0. The van der Waals surface area contributed by atoms with Crippen LogP contribution in [-0.2, 0) is 4.74 Å². The number of phenolic OH excluding ortho intramolecular Hbond substituents is 1. The molecule has 0 fully saturated rings. The van der Waals surface area contributed by atoms with Gasteiger partial charge in [-0.1, -0.05) is 27.6 Å². The molecule has 1 aromatic heterocycles. The van der Waals surface area contributed by atoms with Crippen LogP contribution in [0.15, 0.2) is 50.1 Å². The summed E-state index contributed by atoms with van der Waals surface area (Å²) in [6.07, 6.45) is 1.63. The molecule has 0 atom stereocenters. The molecule has 0 aliphatic heterocycles. The van der Waals surface area contributed by atoms with Crippen molar-refractivity contribution in [2.24, 2.45) is 0 Å². The zero-order valence-corrected chi connectivity index (χ0v) is 19.1. The third kappa shape index (κ3) is 4.23. The van der Waals surface area contributed by atoms with E-state index in [0.29, 0.717) is 31.9 Å². The first-order valence-corrected chi connectivity index (χ1v) is 10.2. The van der Waals surface area contributed by atoms with Crippen LogP contribution in [0.1, 0.15) is 29.8 Å². The first kappa shape index (κ1) is 21.1. The summed E-state index contributed by atoms with van der Waals surface area (Å²) in [5.41, 5.74) is 1.91. The van der Waals surface area contributed by atoms with Crippen molar-refractivity contribution in [1.82, 2.24) is 9.78 Å². The molecular weight excluding hydrogens is 504 g/mol. The fraction of sp³-hybridized carbons (Fsp3) is 0.143. The molecule has 2 N–H and O–H groups in total. The molecule has 0 amide bonds. The van der Waals surface area contributed by atoms with E-state index in [1.807, 2.05) is 13.8 Å². The normalized spacial score (nSPS) is 11.6. The lowest BCUT2D eigenvalue weighted by atomic mass is 10.1. The lowest BCUT2D eigenvalue weighted by Crippen LogP contribution is -2.35. The number of carbonyl (C=O) groups is 1. The molecule has 0 bridgehead atoms. The quantitative estimate of drug-likeness (QED) is 0.518. The standard InChI is InChI=1S/C21H18Br2N2O4/c1-11(2)18-16(9-13-7-14(22)10-17(23)19(13)26)20(27)25(24-18)15-6-4-5-12(8-15)21(28)29-3/h4-10,24,26H,1-3H3. The number of methoxy groups -OCH3 is 1. The van der Waals surface area contributed by atoms with Gasteiger partial charge in [0.2, 0.25) is 0 Å². The van der Waals surface area contributed by atoms with Crippen molar-refractivity contribution >= 4 is 49.5 Å². The third-order valence-corrected chi connectivity index (χ3v) is 5.37. The molecule has 3 rings (SSSR count). The van der Waals surface area contributed by atoms with Gasteiger partial charge in [0.05, 0.1) is 33.4 Å². The second-order valence-electron chi connectivity index (χ2n) is 6.55. The number of aromatic hydroxyl groups is 1. The maximum Gasteiger partial charge on any atom is 0.337 e. The molecule has 0 unspecified atom stereocenters. The van der Waals surface area contributed by atoms with Crippen LogP contribution in [0.25, 0.3) is 17.3 Å². The number of nitrogens with zero attached hydrogens (tertiary/aromatic N) is 1.